The Labute approximate surface area is 85.5 Å². The largest absolute Gasteiger partial charge is 0.469 e. The number of hydrogen-bond acceptors (Lipinski definition) is 2. The van der Waals surface area contributed by atoms with E-state index in [9.17, 15) is 0 Å². The van der Waals surface area contributed by atoms with Crippen LogP contribution in [0.15, 0.2) is 16.7 Å². The van der Waals surface area contributed by atoms with E-state index in [-0.39, 0.29) is 0 Å². The van der Waals surface area contributed by atoms with Gasteiger partial charge >= 0.3 is 0 Å². The highest BCUT2D eigenvalue weighted by atomic mass is 16.3. The first-order chi connectivity index (χ1) is 6.74. The molecule has 0 spiro atoms. The average Bonchev–Trinajstić information content (AvgIpc) is 2.56. The predicted molar refractivity (Wildman–Crippen MR) is 57.1 cm³/mol. The molecule has 2 N–H and O–H groups in total. The van der Waals surface area contributed by atoms with Gasteiger partial charge in [0.15, 0.2) is 0 Å². The molecule has 2 heteroatoms. The standard InChI is InChI=1S/C12H19NO/c1-9-6-12(14-8-9)7-10-2-4-11(13)5-3-10/h6,8,10-11H,2-5,7,13H2,1H3. The summed E-state index contributed by atoms with van der Waals surface area (Å²) in [4.78, 5) is 0. The van der Waals surface area contributed by atoms with Gasteiger partial charge in [-0.2, -0.15) is 0 Å². The first-order valence-corrected chi connectivity index (χ1v) is 5.53. The maximum absolute atomic E-state index is 5.87. The minimum Gasteiger partial charge on any atom is -0.469 e. The summed E-state index contributed by atoms with van der Waals surface area (Å²) in [6.07, 6.45) is 7.83. The van der Waals surface area contributed by atoms with Gasteiger partial charge in [0, 0.05) is 12.5 Å². The molecular weight excluding hydrogens is 174 g/mol. The van der Waals surface area contributed by atoms with E-state index in [0.29, 0.717) is 6.04 Å². The average molecular weight is 193 g/mol. The molecule has 1 aromatic heterocycles. The van der Waals surface area contributed by atoms with Crippen LogP contribution in [0.2, 0.25) is 0 Å². The Morgan fingerprint density at radius 1 is 1.36 bits per heavy atom. The lowest BCUT2D eigenvalue weighted by Gasteiger charge is -2.25. The summed E-state index contributed by atoms with van der Waals surface area (Å²) in [5, 5.41) is 0. The zero-order valence-corrected chi connectivity index (χ0v) is 8.83. The summed E-state index contributed by atoms with van der Waals surface area (Å²) >= 11 is 0. The molecule has 1 aliphatic carbocycles. The van der Waals surface area contributed by atoms with Crippen LogP contribution in [0.1, 0.15) is 37.0 Å². The van der Waals surface area contributed by atoms with Gasteiger partial charge in [0.2, 0.25) is 0 Å². The van der Waals surface area contributed by atoms with Crippen LogP contribution in [0.25, 0.3) is 0 Å². The second kappa shape index (κ2) is 4.18. The summed E-state index contributed by atoms with van der Waals surface area (Å²) in [5.41, 5.74) is 7.10. The van der Waals surface area contributed by atoms with E-state index in [1.54, 1.807) is 0 Å². The Balaban J connectivity index is 1.86. The van der Waals surface area contributed by atoms with Gasteiger partial charge in [0.05, 0.1) is 6.26 Å². The van der Waals surface area contributed by atoms with E-state index >= 15 is 0 Å². The fourth-order valence-corrected chi connectivity index (χ4v) is 2.27. The van der Waals surface area contributed by atoms with Crippen molar-refractivity contribution >= 4 is 0 Å². The molecule has 0 amide bonds. The van der Waals surface area contributed by atoms with Crippen LogP contribution in [0, 0.1) is 12.8 Å². The van der Waals surface area contributed by atoms with Gasteiger partial charge < -0.3 is 10.2 Å². The van der Waals surface area contributed by atoms with Crippen molar-refractivity contribution in [2.24, 2.45) is 11.7 Å². The molecule has 2 nitrogen and oxygen atoms in total. The molecule has 0 bridgehead atoms. The Morgan fingerprint density at radius 3 is 2.64 bits per heavy atom. The molecule has 0 radical (unpaired) electrons. The molecule has 0 saturated heterocycles. The third-order valence-corrected chi connectivity index (χ3v) is 3.17. The van der Waals surface area contributed by atoms with E-state index < -0.39 is 0 Å². The van der Waals surface area contributed by atoms with Crippen molar-refractivity contribution in [1.82, 2.24) is 0 Å². The molecule has 0 aliphatic heterocycles. The van der Waals surface area contributed by atoms with E-state index in [1.165, 1.54) is 31.2 Å². The number of furan rings is 1. The summed E-state index contributed by atoms with van der Waals surface area (Å²) in [5.74, 6) is 1.93. The fraction of sp³-hybridized carbons (Fsp3) is 0.667. The highest BCUT2D eigenvalue weighted by molar-refractivity contribution is 5.11. The van der Waals surface area contributed by atoms with Gasteiger partial charge in [-0.05, 0) is 50.2 Å². The molecule has 0 atom stereocenters. The lowest BCUT2D eigenvalue weighted by atomic mass is 9.84. The van der Waals surface area contributed by atoms with Crippen LogP contribution >= 0.6 is 0 Å². The lowest BCUT2D eigenvalue weighted by molar-refractivity contribution is 0.308. The third-order valence-electron chi connectivity index (χ3n) is 3.17. The fourth-order valence-electron chi connectivity index (χ4n) is 2.27. The molecule has 0 aromatic carbocycles. The smallest absolute Gasteiger partial charge is 0.104 e. The monoisotopic (exact) mass is 193 g/mol. The van der Waals surface area contributed by atoms with E-state index in [0.717, 1.165) is 18.1 Å². The van der Waals surface area contributed by atoms with Crippen LogP contribution in [0.5, 0.6) is 0 Å². The van der Waals surface area contributed by atoms with Crippen molar-refractivity contribution in [3.63, 3.8) is 0 Å². The molecule has 78 valence electrons. The second-order valence-electron chi connectivity index (χ2n) is 4.58. The molecule has 1 aliphatic rings. The molecule has 1 heterocycles. The summed E-state index contributed by atoms with van der Waals surface area (Å²) < 4.78 is 5.46. The normalized spacial score (nSPS) is 27.9. The molecule has 0 unspecified atom stereocenters. The first kappa shape index (κ1) is 9.78. The van der Waals surface area contributed by atoms with E-state index in [1.807, 2.05) is 6.26 Å². The molecule has 1 aromatic rings. The van der Waals surface area contributed by atoms with Crippen molar-refractivity contribution in [2.45, 2.75) is 45.1 Å². The molecular formula is C12H19NO. The minimum atomic E-state index is 0.449. The second-order valence-corrected chi connectivity index (χ2v) is 4.58. The van der Waals surface area contributed by atoms with E-state index in [2.05, 4.69) is 13.0 Å². The van der Waals surface area contributed by atoms with Crippen molar-refractivity contribution in [3.05, 3.63) is 23.7 Å². The maximum Gasteiger partial charge on any atom is 0.104 e. The Bertz CT molecular complexity index is 284. The number of aryl methyl sites for hydroxylation is 1. The third kappa shape index (κ3) is 2.38. The van der Waals surface area contributed by atoms with Crippen molar-refractivity contribution in [2.75, 3.05) is 0 Å². The maximum atomic E-state index is 5.87. The van der Waals surface area contributed by atoms with Crippen LogP contribution in [0.3, 0.4) is 0 Å². The number of nitrogens with two attached hydrogens (primary N) is 1. The Kier molecular flexibility index (Phi) is 2.92. The summed E-state index contributed by atoms with van der Waals surface area (Å²) in [6.45, 7) is 2.07. The summed E-state index contributed by atoms with van der Waals surface area (Å²) in [6, 6.07) is 2.60. The van der Waals surface area contributed by atoms with Gasteiger partial charge in [-0.3, -0.25) is 0 Å². The molecule has 1 fully saturated rings. The summed E-state index contributed by atoms with van der Waals surface area (Å²) in [7, 11) is 0. The zero-order valence-electron chi connectivity index (χ0n) is 8.83. The van der Waals surface area contributed by atoms with Gasteiger partial charge in [-0.1, -0.05) is 0 Å². The van der Waals surface area contributed by atoms with Crippen LogP contribution in [-0.2, 0) is 6.42 Å². The van der Waals surface area contributed by atoms with Crippen molar-refractivity contribution < 1.29 is 4.42 Å². The Morgan fingerprint density at radius 2 is 2.07 bits per heavy atom. The van der Waals surface area contributed by atoms with Gasteiger partial charge in [-0.25, -0.2) is 0 Å². The topological polar surface area (TPSA) is 39.2 Å². The van der Waals surface area contributed by atoms with E-state index in [4.69, 9.17) is 10.2 Å². The predicted octanol–water partition coefficient (Wildman–Crippen LogP) is 2.65. The highest BCUT2D eigenvalue weighted by Gasteiger charge is 2.19. The van der Waals surface area contributed by atoms with Crippen LogP contribution in [-0.4, -0.2) is 6.04 Å². The molecule has 14 heavy (non-hydrogen) atoms. The van der Waals surface area contributed by atoms with Crippen LogP contribution < -0.4 is 5.73 Å². The minimum absolute atomic E-state index is 0.449. The molecule has 1 saturated carbocycles. The van der Waals surface area contributed by atoms with Gasteiger partial charge in [0.25, 0.3) is 0 Å². The van der Waals surface area contributed by atoms with Crippen LogP contribution in [0.4, 0.5) is 0 Å². The van der Waals surface area contributed by atoms with Crippen molar-refractivity contribution in [3.8, 4) is 0 Å². The number of rotatable bonds is 2. The number of hydrogen-bond donors (Lipinski definition) is 1. The first-order valence-electron chi connectivity index (χ1n) is 5.53. The zero-order chi connectivity index (χ0) is 9.97. The molecule has 2 rings (SSSR count). The van der Waals surface area contributed by atoms with Crippen molar-refractivity contribution in [1.29, 1.82) is 0 Å². The highest BCUT2D eigenvalue weighted by Crippen LogP contribution is 2.26. The van der Waals surface area contributed by atoms with Gasteiger partial charge in [0.1, 0.15) is 5.76 Å². The quantitative estimate of drug-likeness (QED) is 0.784. The SMILES string of the molecule is Cc1coc(CC2CCC(N)CC2)c1. The Hall–Kier alpha value is -0.760. The lowest BCUT2D eigenvalue weighted by Crippen LogP contribution is -2.27. The van der Waals surface area contributed by atoms with Gasteiger partial charge in [-0.15, -0.1) is 0 Å².